The number of hydrogen-bond acceptors (Lipinski definition) is 3. The number of amides is 2. The summed E-state index contributed by atoms with van der Waals surface area (Å²) in [6.07, 6.45) is 0.874. The van der Waals surface area contributed by atoms with Crippen LogP contribution >= 0.6 is 11.3 Å². The molecule has 1 aliphatic carbocycles. The minimum absolute atomic E-state index is 0.0277. The first kappa shape index (κ1) is 17.1. The monoisotopic (exact) mass is 376 g/mol. The molecule has 1 unspecified atom stereocenters. The summed E-state index contributed by atoms with van der Waals surface area (Å²) in [6, 6.07) is 7.44. The number of halogens is 2. The van der Waals surface area contributed by atoms with Crippen molar-refractivity contribution < 1.29 is 18.4 Å². The topological polar surface area (TPSA) is 40.6 Å². The average molecular weight is 376 g/mol. The van der Waals surface area contributed by atoms with E-state index in [1.807, 2.05) is 11.4 Å². The maximum Gasteiger partial charge on any atom is 0.259 e. The van der Waals surface area contributed by atoms with Crippen LogP contribution in [0.4, 0.5) is 8.78 Å². The van der Waals surface area contributed by atoms with Gasteiger partial charge in [0.2, 0.25) is 5.91 Å². The molecule has 4 rings (SSSR count). The number of carbonyl (C=O) groups excluding carboxylic acids is 2. The number of nitrogens with zero attached hydrogens (tertiary/aromatic N) is 2. The molecule has 1 saturated heterocycles. The van der Waals surface area contributed by atoms with Crippen molar-refractivity contribution >= 4 is 23.2 Å². The number of carbonyl (C=O) groups is 2. The Hall–Kier alpha value is -2.28. The van der Waals surface area contributed by atoms with Crippen molar-refractivity contribution in [3.63, 3.8) is 0 Å². The first-order chi connectivity index (χ1) is 12.6. The molecule has 0 bridgehead atoms. The molecule has 26 heavy (non-hydrogen) atoms. The van der Waals surface area contributed by atoms with Gasteiger partial charge in [0.25, 0.3) is 5.91 Å². The summed E-state index contributed by atoms with van der Waals surface area (Å²) in [5, 5.41) is 2.02. The molecule has 2 aromatic rings. The second-order valence-electron chi connectivity index (χ2n) is 6.68. The van der Waals surface area contributed by atoms with Crippen LogP contribution in [0.3, 0.4) is 0 Å². The third kappa shape index (κ3) is 3.11. The molecule has 0 radical (unpaired) electrons. The Bertz CT molecular complexity index is 812. The maximum absolute atomic E-state index is 13.8. The zero-order valence-corrected chi connectivity index (χ0v) is 14.8. The van der Waals surface area contributed by atoms with Gasteiger partial charge in [-0.1, -0.05) is 12.1 Å². The lowest BCUT2D eigenvalue weighted by atomic mass is 10.1. The van der Waals surface area contributed by atoms with Crippen LogP contribution < -0.4 is 0 Å². The van der Waals surface area contributed by atoms with Gasteiger partial charge in [-0.25, -0.2) is 8.78 Å². The Balaban J connectivity index is 1.36. The van der Waals surface area contributed by atoms with E-state index >= 15 is 0 Å². The van der Waals surface area contributed by atoms with E-state index < -0.39 is 23.1 Å². The van der Waals surface area contributed by atoms with Crippen LogP contribution in [0.2, 0.25) is 0 Å². The van der Waals surface area contributed by atoms with Crippen LogP contribution in [0.15, 0.2) is 35.7 Å². The van der Waals surface area contributed by atoms with Crippen molar-refractivity contribution in [3.8, 4) is 0 Å². The Kier molecular flexibility index (Phi) is 4.48. The van der Waals surface area contributed by atoms with Gasteiger partial charge in [0.05, 0.1) is 0 Å². The van der Waals surface area contributed by atoms with E-state index in [1.165, 1.54) is 15.8 Å². The average Bonchev–Trinajstić information content (AvgIpc) is 3.25. The molecular formula is C19H18F2N2O2S. The summed E-state index contributed by atoms with van der Waals surface area (Å²) in [5.41, 5.74) is -0.521. The summed E-state index contributed by atoms with van der Waals surface area (Å²) in [4.78, 5) is 29.5. The summed E-state index contributed by atoms with van der Waals surface area (Å²) >= 11 is 1.67. The molecule has 1 saturated carbocycles. The molecule has 136 valence electrons. The lowest BCUT2D eigenvalue weighted by molar-refractivity contribution is -0.134. The fourth-order valence-electron chi connectivity index (χ4n) is 3.51. The van der Waals surface area contributed by atoms with Gasteiger partial charge in [-0.15, -0.1) is 11.3 Å². The highest BCUT2D eigenvalue weighted by molar-refractivity contribution is 7.10. The Morgan fingerprint density at radius 1 is 0.962 bits per heavy atom. The lowest BCUT2D eigenvalue weighted by Gasteiger charge is -2.35. The van der Waals surface area contributed by atoms with Gasteiger partial charge in [0, 0.05) is 42.9 Å². The molecule has 1 aromatic heterocycles. The zero-order valence-electron chi connectivity index (χ0n) is 14.0. The van der Waals surface area contributed by atoms with Gasteiger partial charge in [0.15, 0.2) is 0 Å². The third-order valence-electron chi connectivity index (χ3n) is 5.07. The van der Waals surface area contributed by atoms with E-state index in [0.29, 0.717) is 19.0 Å². The number of piperazine rings is 1. The van der Waals surface area contributed by atoms with Crippen molar-refractivity contribution in [2.75, 3.05) is 26.2 Å². The molecule has 2 amide bonds. The van der Waals surface area contributed by atoms with Crippen LogP contribution in [-0.2, 0) is 4.79 Å². The molecule has 0 N–H and O–H groups in total. The maximum atomic E-state index is 13.8. The molecule has 7 heteroatoms. The van der Waals surface area contributed by atoms with Crippen molar-refractivity contribution in [3.05, 3.63) is 57.8 Å². The number of thiophene rings is 1. The molecule has 2 aliphatic rings. The van der Waals surface area contributed by atoms with Crippen molar-refractivity contribution in [1.82, 2.24) is 9.80 Å². The van der Waals surface area contributed by atoms with Crippen molar-refractivity contribution in [2.24, 2.45) is 5.92 Å². The largest absolute Gasteiger partial charge is 0.339 e. The van der Waals surface area contributed by atoms with E-state index in [0.717, 1.165) is 18.6 Å². The Labute approximate surface area is 154 Å². The lowest BCUT2D eigenvalue weighted by Crippen LogP contribution is -2.51. The molecule has 1 aliphatic heterocycles. The molecule has 1 aromatic carbocycles. The normalized spacial score (nSPS) is 22.4. The number of benzene rings is 1. The predicted octanol–water partition coefficient (Wildman–Crippen LogP) is 3.11. The Morgan fingerprint density at radius 2 is 1.62 bits per heavy atom. The minimum atomic E-state index is -0.856. The molecule has 4 nitrogen and oxygen atoms in total. The summed E-state index contributed by atoms with van der Waals surface area (Å²) in [7, 11) is 0. The van der Waals surface area contributed by atoms with Gasteiger partial charge in [-0.05, 0) is 30.0 Å². The quantitative estimate of drug-likeness (QED) is 0.826. The van der Waals surface area contributed by atoms with Crippen LogP contribution in [0, 0.1) is 17.6 Å². The summed E-state index contributed by atoms with van der Waals surface area (Å²) in [6.45, 7) is 1.37. The standard InChI is InChI=1S/C19H18F2N2O2S/c20-14-3-1-4-15(21)17(14)19(25)23-8-6-22(7-9-23)18(24)13-11-12(13)16-5-2-10-26-16/h1-5,10,12-13H,6-9,11H2/t12?,13-/m1/s1. The summed E-state index contributed by atoms with van der Waals surface area (Å²) < 4.78 is 27.6. The second-order valence-corrected chi connectivity index (χ2v) is 7.66. The van der Waals surface area contributed by atoms with E-state index in [9.17, 15) is 18.4 Å². The van der Waals surface area contributed by atoms with Crippen LogP contribution in [0.5, 0.6) is 0 Å². The van der Waals surface area contributed by atoms with E-state index in [-0.39, 0.29) is 24.9 Å². The van der Waals surface area contributed by atoms with Gasteiger partial charge in [-0.2, -0.15) is 0 Å². The van der Waals surface area contributed by atoms with Gasteiger partial charge >= 0.3 is 0 Å². The highest BCUT2D eigenvalue weighted by atomic mass is 32.1. The molecule has 2 heterocycles. The molecule has 2 atom stereocenters. The minimum Gasteiger partial charge on any atom is -0.339 e. The van der Waals surface area contributed by atoms with Crippen molar-refractivity contribution in [2.45, 2.75) is 12.3 Å². The SMILES string of the molecule is O=C(c1c(F)cccc1F)N1CCN(C(=O)[C@@H]2CC2c2cccs2)CC1. The van der Waals surface area contributed by atoms with Gasteiger partial charge in [-0.3, -0.25) is 9.59 Å². The number of hydrogen-bond donors (Lipinski definition) is 0. The predicted molar refractivity (Wildman–Crippen MR) is 94.0 cm³/mol. The smallest absolute Gasteiger partial charge is 0.259 e. The first-order valence-electron chi connectivity index (χ1n) is 8.61. The summed E-state index contributed by atoms with van der Waals surface area (Å²) in [5.74, 6) is -1.91. The molecular weight excluding hydrogens is 358 g/mol. The fraction of sp³-hybridized carbons (Fsp3) is 0.368. The van der Waals surface area contributed by atoms with Gasteiger partial charge < -0.3 is 9.80 Å². The van der Waals surface area contributed by atoms with Crippen LogP contribution in [0.25, 0.3) is 0 Å². The zero-order chi connectivity index (χ0) is 18.3. The van der Waals surface area contributed by atoms with Crippen LogP contribution in [-0.4, -0.2) is 47.8 Å². The highest BCUT2D eigenvalue weighted by Crippen LogP contribution is 2.50. The van der Waals surface area contributed by atoms with E-state index in [4.69, 9.17) is 0 Å². The fourth-order valence-corrected chi connectivity index (χ4v) is 4.42. The van der Waals surface area contributed by atoms with E-state index in [2.05, 4.69) is 6.07 Å². The Morgan fingerprint density at radius 3 is 2.23 bits per heavy atom. The van der Waals surface area contributed by atoms with Crippen molar-refractivity contribution in [1.29, 1.82) is 0 Å². The number of rotatable bonds is 3. The van der Waals surface area contributed by atoms with Gasteiger partial charge in [0.1, 0.15) is 17.2 Å². The highest BCUT2D eigenvalue weighted by Gasteiger charge is 2.46. The first-order valence-corrected chi connectivity index (χ1v) is 9.49. The molecule has 2 fully saturated rings. The molecule has 0 spiro atoms. The van der Waals surface area contributed by atoms with E-state index in [1.54, 1.807) is 16.2 Å². The second kappa shape index (κ2) is 6.79. The third-order valence-corrected chi connectivity index (χ3v) is 6.08. The van der Waals surface area contributed by atoms with Crippen LogP contribution in [0.1, 0.15) is 27.6 Å².